The summed E-state index contributed by atoms with van der Waals surface area (Å²) in [4.78, 5) is 28.3. The Hall–Kier alpha value is -4.12. The van der Waals surface area contributed by atoms with Crippen molar-refractivity contribution in [3.05, 3.63) is 82.4 Å². The van der Waals surface area contributed by atoms with Gasteiger partial charge >= 0.3 is 6.18 Å². The van der Waals surface area contributed by atoms with E-state index in [9.17, 15) is 18.0 Å². The van der Waals surface area contributed by atoms with Crippen molar-refractivity contribution in [1.29, 1.82) is 0 Å². The molecule has 39 heavy (non-hydrogen) atoms. The monoisotopic (exact) mass is 557 g/mol. The van der Waals surface area contributed by atoms with Crippen LogP contribution >= 0.6 is 11.6 Å². The fourth-order valence-corrected chi connectivity index (χ4v) is 4.35. The normalized spacial score (nSPS) is 18.0. The highest BCUT2D eigenvalue weighted by molar-refractivity contribution is 6.41. The number of amides is 1. The molecule has 1 fully saturated rings. The quantitative estimate of drug-likeness (QED) is 0.421. The summed E-state index contributed by atoms with van der Waals surface area (Å²) in [5.41, 5.74) is 7.63. The maximum Gasteiger partial charge on any atom is 0.417 e. The van der Waals surface area contributed by atoms with E-state index >= 15 is 0 Å². The predicted octanol–water partition coefficient (Wildman–Crippen LogP) is 5.97. The third-order valence-corrected chi connectivity index (χ3v) is 6.51. The van der Waals surface area contributed by atoms with Gasteiger partial charge in [-0.15, -0.1) is 0 Å². The molecule has 0 unspecified atom stereocenters. The van der Waals surface area contributed by atoms with Crippen LogP contribution in [0.15, 0.2) is 75.7 Å². The number of aliphatic imine (C=N–C) groups is 3. The molecular formula is C27H27ClF3N7O. The number of aryl methyl sites for hydroxylation is 1. The van der Waals surface area contributed by atoms with Crippen molar-refractivity contribution in [2.75, 3.05) is 23.7 Å². The van der Waals surface area contributed by atoms with E-state index in [2.05, 4.69) is 37.1 Å². The van der Waals surface area contributed by atoms with Gasteiger partial charge in [0.1, 0.15) is 17.2 Å². The molecule has 2 aliphatic heterocycles. The minimum absolute atomic E-state index is 0.0419. The SMILES string of the molecule is C=C/N=C1/C=NC(N2CCCCC2)=N/C1=C(/N)Nc1cc(C(=O)Nc2ccc(Cl)c(C(F)(F)F)c2)ccc1C. The number of carbonyl (C=O) groups is 1. The topological polar surface area (TPSA) is 107 Å². The molecule has 0 saturated carbocycles. The third kappa shape index (κ3) is 6.66. The largest absolute Gasteiger partial charge is 0.417 e. The van der Waals surface area contributed by atoms with Crippen LogP contribution in [0.3, 0.4) is 0 Å². The summed E-state index contributed by atoms with van der Waals surface area (Å²) in [6.45, 7) is 7.15. The van der Waals surface area contributed by atoms with E-state index in [0.717, 1.165) is 50.0 Å². The number of hydrogen-bond donors (Lipinski definition) is 3. The van der Waals surface area contributed by atoms with Gasteiger partial charge in [0.05, 0.1) is 16.8 Å². The summed E-state index contributed by atoms with van der Waals surface area (Å²) >= 11 is 5.68. The van der Waals surface area contributed by atoms with E-state index < -0.39 is 22.7 Å². The molecule has 2 aliphatic rings. The maximum atomic E-state index is 13.2. The van der Waals surface area contributed by atoms with Gasteiger partial charge < -0.3 is 21.3 Å². The van der Waals surface area contributed by atoms with Crippen LogP contribution in [0.4, 0.5) is 24.5 Å². The lowest BCUT2D eigenvalue weighted by Crippen LogP contribution is -2.37. The number of alkyl halides is 3. The van der Waals surface area contributed by atoms with Crippen LogP contribution in [-0.4, -0.2) is 41.8 Å². The third-order valence-electron chi connectivity index (χ3n) is 6.18. The number of hydrogen-bond acceptors (Lipinski definition) is 7. The summed E-state index contributed by atoms with van der Waals surface area (Å²) in [5.74, 6) is 0.122. The average molecular weight is 558 g/mol. The molecule has 204 valence electrons. The highest BCUT2D eigenvalue weighted by atomic mass is 35.5. The fraction of sp³-hybridized carbons (Fsp3) is 0.259. The number of nitrogens with one attached hydrogen (secondary N) is 2. The zero-order chi connectivity index (χ0) is 28.2. The zero-order valence-corrected chi connectivity index (χ0v) is 21.9. The first-order valence-electron chi connectivity index (χ1n) is 12.2. The smallest absolute Gasteiger partial charge is 0.383 e. The lowest BCUT2D eigenvalue weighted by Gasteiger charge is -2.29. The molecule has 4 rings (SSSR count). The summed E-state index contributed by atoms with van der Waals surface area (Å²) in [6, 6.07) is 7.98. The van der Waals surface area contributed by atoms with E-state index in [1.165, 1.54) is 12.3 Å². The Kier molecular flexibility index (Phi) is 8.39. The van der Waals surface area contributed by atoms with Crippen molar-refractivity contribution in [2.24, 2.45) is 20.7 Å². The van der Waals surface area contributed by atoms with Crippen LogP contribution in [-0.2, 0) is 6.18 Å². The Balaban J connectivity index is 1.60. The first-order valence-corrected chi connectivity index (χ1v) is 12.6. The summed E-state index contributed by atoms with van der Waals surface area (Å²) in [6.07, 6.45) is 1.56. The molecule has 0 radical (unpaired) electrons. The number of benzene rings is 2. The molecule has 0 aromatic heterocycles. The molecule has 12 heteroatoms. The molecule has 2 aromatic carbocycles. The van der Waals surface area contributed by atoms with E-state index in [-0.39, 0.29) is 17.1 Å². The van der Waals surface area contributed by atoms with Crippen LogP contribution in [0.1, 0.15) is 40.7 Å². The summed E-state index contributed by atoms with van der Waals surface area (Å²) in [5, 5.41) is 5.13. The number of nitrogens with two attached hydrogens (primary N) is 1. The van der Waals surface area contributed by atoms with E-state index in [1.807, 2.05) is 6.92 Å². The minimum atomic E-state index is -4.66. The van der Waals surface area contributed by atoms with Crippen LogP contribution in [0.25, 0.3) is 0 Å². The van der Waals surface area contributed by atoms with Gasteiger partial charge in [0.2, 0.25) is 5.96 Å². The second kappa shape index (κ2) is 11.7. The zero-order valence-electron chi connectivity index (χ0n) is 21.1. The van der Waals surface area contributed by atoms with Gasteiger partial charge in [0.15, 0.2) is 0 Å². The van der Waals surface area contributed by atoms with Gasteiger partial charge in [-0.25, -0.2) is 9.98 Å². The number of likely N-dealkylation sites (tertiary alicyclic amines) is 1. The average Bonchev–Trinajstić information content (AvgIpc) is 2.91. The Morgan fingerprint density at radius 1 is 1.15 bits per heavy atom. The summed E-state index contributed by atoms with van der Waals surface area (Å²) < 4.78 is 39.6. The number of halogens is 4. The Morgan fingerprint density at radius 2 is 1.90 bits per heavy atom. The van der Waals surface area contributed by atoms with E-state index in [1.54, 1.807) is 24.4 Å². The Bertz CT molecular complexity index is 1410. The summed E-state index contributed by atoms with van der Waals surface area (Å²) in [7, 11) is 0. The first-order chi connectivity index (χ1) is 18.6. The molecule has 0 bridgehead atoms. The molecule has 0 aliphatic carbocycles. The van der Waals surface area contributed by atoms with Gasteiger partial charge in [-0.3, -0.25) is 9.79 Å². The van der Waals surface area contributed by atoms with Crippen LogP contribution in [0, 0.1) is 6.92 Å². The number of allylic oxidation sites excluding steroid dienone is 1. The molecule has 8 nitrogen and oxygen atoms in total. The van der Waals surface area contributed by atoms with Gasteiger partial charge in [0, 0.05) is 36.2 Å². The number of rotatable bonds is 5. The molecule has 0 atom stereocenters. The molecule has 0 spiro atoms. The van der Waals surface area contributed by atoms with Gasteiger partial charge in [-0.2, -0.15) is 13.2 Å². The molecule has 1 saturated heterocycles. The maximum absolute atomic E-state index is 13.2. The van der Waals surface area contributed by atoms with Crippen LogP contribution < -0.4 is 16.4 Å². The molecule has 4 N–H and O–H groups in total. The predicted molar refractivity (Wildman–Crippen MR) is 149 cm³/mol. The number of carbonyl (C=O) groups excluding carboxylic acids is 1. The lowest BCUT2D eigenvalue weighted by molar-refractivity contribution is -0.137. The Morgan fingerprint density at radius 3 is 2.59 bits per heavy atom. The van der Waals surface area contributed by atoms with Gasteiger partial charge in [-0.1, -0.05) is 24.2 Å². The fourth-order valence-electron chi connectivity index (χ4n) is 4.13. The van der Waals surface area contributed by atoms with Crippen molar-refractivity contribution in [2.45, 2.75) is 32.4 Å². The van der Waals surface area contributed by atoms with Crippen molar-refractivity contribution in [3.8, 4) is 0 Å². The standard InChI is InChI=1S/C27H27ClF3N7O/c1-3-33-22-15-34-26(38-11-5-4-6-12-38)37-23(22)24(32)36-21-13-17(8-7-16(21)2)25(39)35-18-9-10-20(28)19(14-18)27(29,30)31/h3,7-10,13-15,36H,1,4-6,11-12,32H2,2H3,(H,35,39)/b24-23-,33-22-. The van der Waals surface area contributed by atoms with Crippen molar-refractivity contribution < 1.29 is 18.0 Å². The van der Waals surface area contributed by atoms with Gasteiger partial charge in [0.25, 0.3) is 5.91 Å². The number of anilines is 2. The molecule has 2 aromatic rings. The first kappa shape index (κ1) is 27.9. The second-order valence-corrected chi connectivity index (χ2v) is 9.39. The number of guanidine groups is 1. The van der Waals surface area contributed by atoms with Crippen molar-refractivity contribution >= 4 is 46.8 Å². The van der Waals surface area contributed by atoms with E-state index in [4.69, 9.17) is 17.3 Å². The number of piperidine rings is 1. The van der Waals surface area contributed by atoms with Crippen molar-refractivity contribution in [3.63, 3.8) is 0 Å². The van der Waals surface area contributed by atoms with Crippen molar-refractivity contribution in [1.82, 2.24) is 4.90 Å². The molecular weight excluding hydrogens is 531 g/mol. The minimum Gasteiger partial charge on any atom is -0.383 e. The lowest BCUT2D eigenvalue weighted by atomic mass is 10.1. The Labute approximate surface area is 228 Å². The van der Waals surface area contributed by atoms with Gasteiger partial charge in [-0.05, 0) is 62.1 Å². The van der Waals surface area contributed by atoms with Crippen LogP contribution in [0.2, 0.25) is 5.02 Å². The molecule has 2 heterocycles. The molecule has 1 amide bonds. The second-order valence-electron chi connectivity index (χ2n) is 8.98. The number of nitrogens with zero attached hydrogens (tertiary/aromatic N) is 4. The highest BCUT2D eigenvalue weighted by Gasteiger charge is 2.33. The van der Waals surface area contributed by atoms with Crippen LogP contribution in [0.5, 0.6) is 0 Å². The highest BCUT2D eigenvalue weighted by Crippen LogP contribution is 2.36. The van der Waals surface area contributed by atoms with E-state index in [0.29, 0.717) is 23.1 Å².